The molecular weight excluding hydrogens is 462 g/mol. The third-order valence-corrected chi connectivity index (χ3v) is 6.46. The van der Waals surface area contributed by atoms with Crippen LogP contribution >= 0.6 is 0 Å². The number of ether oxygens (including phenoxy) is 3. The van der Waals surface area contributed by atoms with Crippen molar-refractivity contribution in [3.05, 3.63) is 53.6 Å². The largest absolute Gasteiger partial charge is 0.496 e. The first-order valence-electron chi connectivity index (χ1n) is 11.9. The van der Waals surface area contributed by atoms with Gasteiger partial charge in [-0.2, -0.15) is 0 Å². The molecule has 3 rings (SSSR count). The van der Waals surface area contributed by atoms with Crippen molar-refractivity contribution in [2.24, 2.45) is 5.92 Å². The van der Waals surface area contributed by atoms with Crippen LogP contribution in [0.2, 0.25) is 0 Å². The van der Waals surface area contributed by atoms with Gasteiger partial charge in [0.05, 0.1) is 30.4 Å². The summed E-state index contributed by atoms with van der Waals surface area (Å²) in [6.07, 6.45) is -0.254. The molecule has 1 N–H and O–H groups in total. The van der Waals surface area contributed by atoms with Gasteiger partial charge in [0.2, 0.25) is 5.91 Å². The summed E-state index contributed by atoms with van der Waals surface area (Å²) in [5, 5.41) is 2.85. The molecule has 1 aliphatic rings. The topological polar surface area (TPSA) is 97.4 Å². The summed E-state index contributed by atoms with van der Waals surface area (Å²) in [4.78, 5) is 42.0. The number of benzene rings is 2. The first kappa shape index (κ1) is 27.0. The molecule has 0 aromatic heterocycles. The quantitative estimate of drug-likeness (QED) is 0.696. The van der Waals surface area contributed by atoms with Crippen LogP contribution in [0.25, 0.3) is 0 Å². The van der Waals surface area contributed by atoms with Gasteiger partial charge in [-0.1, -0.05) is 19.1 Å². The molecule has 3 atom stereocenters. The van der Waals surface area contributed by atoms with Crippen LogP contribution in [-0.2, 0) is 9.53 Å². The SMILES string of the molecule is COc1ccccc1C(=O)Nc1ccc2c(c1)OC[C@@H](C)N(C(C)=O)C[C@@H](C)[C@@H](OC)CN(C)C2=O. The molecular formula is C27H35N3O6. The Balaban J connectivity index is 1.95. The lowest BCUT2D eigenvalue weighted by Crippen LogP contribution is -2.48. The number of nitrogens with one attached hydrogen (secondary N) is 1. The molecule has 1 aliphatic heterocycles. The van der Waals surface area contributed by atoms with E-state index in [1.165, 1.54) is 14.0 Å². The van der Waals surface area contributed by atoms with Crippen molar-refractivity contribution in [2.45, 2.75) is 32.9 Å². The molecule has 9 heteroatoms. The van der Waals surface area contributed by atoms with Crippen LogP contribution in [0.4, 0.5) is 5.69 Å². The molecule has 9 nitrogen and oxygen atoms in total. The number of carbonyl (C=O) groups is 3. The molecule has 3 amide bonds. The van der Waals surface area contributed by atoms with E-state index in [2.05, 4.69) is 5.32 Å². The first-order valence-corrected chi connectivity index (χ1v) is 11.9. The number of nitrogens with zero attached hydrogens (tertiary/aromatic N) is 2. The van der Waals surface area contributed by atoms with Crippen LogP contribution in [0.5, 0.6) is 11.5 Å². The second kappa shape index (κ2) is 11.9. The fourth-order valence-corrected chi connectivity index (χ4v) is 4.32. The van der Waals surface area contributed by atoms with Gasteiger partial charge in [0.25, 0.3) is 11.8 Å². The predicted octanol–water partition coefficient (Wildman–Crippen LogP) is 3.30. The Morgan fingerprint density at radius 2 is 1.81 bits per heavy atom. The average Bonchev–Trinajstić information content (AvgIpc) is 2.87. The first-order chi connectivity index (χ1) is 17.2. The normalized spacial score (nSPS) is 20.9. The van der Waals surface area contributed by atoms with E-state index in [0.717, 1.165) is 0 Å². The highest BCUT2D eigenvalue weighted by molar-refractivity contribution is 6.06. The second-order valence-corrected chi connectivity index (χ2v) is 9.13. The van der Waals surface area contributed by atoms with Gasteiger partial charge in [0, 0.05) is 51.8 Å². The molecule has 2 aromatic carbocycles. The highest BCUT2D eigenvalue weighted by atomic mass is 16.5. The van der Waals surface area contributed by atoms with Crippen molar-refractivity contribution in [1.82, 2.24) is 9.80 Å². The van der Waals surface area contributed by atoms with Crippen LogP contribution in [0.1, 0.15) is 41.5 Å². The van der Waals surface area contributed by atoms with Crippen molar-refractivity contribution >= 4 is 23.4 Å². The molecule has 36 heavy (non-hydrogen) atoms. The van der Waals surface area contributed by atoms with Gasteiger partial charge in [-0.05, 0) is 31.2 Å². The van der Waals surface area contributed by atoms with Crippen LogP contribution in [-0.4, -0.2) is 80.6 Å². The van der Waals surface area contributed by atoms with E-state index in [0.29, 0.717) is 41.4 Å². The van der Waals surface area contributed by atoms with E-state index in [4.69, 9.17) is 14.2 Å². The number of rotatable bonds is 4. The number of fused-ring (bicyclic) bond motifs is 1. The third kappa shape index (κ3) is 6.15. The van der Waals surface area contributed by atoms with Crippen molar-refractivity contribution in [1.29, 1.82) is 0 Å². The summed E-state index contributed by atoms with van der Waals surface area (Å²) >= 11 is 0. The molecule has 0 aliphatic carbocycles. The van der Waals surface area contributed by atoms with Gasteiger partial charge in [-0.25, -0.2) is 0 Å². The lowest BCUT2D eigenvalue weighted by atomic mass is 10.0. The molecule has 0 bridgehead atoms. The van der Waals surface area contributed by atoms with Crippen LogP contribution in [0.3, 0.4) is 0 Å². The zero-order chi connectivity index (χ0) is 26.4. The number of hydrogen-bond donors (Lipinski definition) is 1. The average molecular weight is 498 g/mol. The Kier molecular flexibility index (Phi) is 8.93. The molecule has 0 spiro atoms. The summed E-state index contributed by atoms with van der Waals surface area (Å²) < 4.78 is 17.1. The summed E-state index contributed by atoms with van der Waals surface area (Å²) in [6.45, 7) is 6.45. The Morgan fingerprint density at radius 1 is 1.08 bits per heavy atom. The molecule has 1 heterocycles. The van der Waals surface area contributed by atoms with Gasteiger partial charge in [-0.15, -0.1) is 0 Å². The monoisotopic (exact) mass is 497 g/mol. The zero-order valence-corrected chi connectivity index (χ0v) is 21.7. The number of para-hydroxylation sites is 1. The lowest BCUT2D eigenvalue weighted by Gasteiger charge is -2.35. The minimum absolute atomic E-state index is 0.00284. The Bertz CT molecular complexity index is 1100. The number of amides is 3. The standard InChI is InChI=1S/C27H35N3O6/c1-17-14-30(19(3)31)18(2)16-36-24-13-20(28-26(32)21-9-7-8-10-23(21)34-5)11-12-22(24)27(33)29(4)15-25(17)35-6/h7-13,17-18,25H,14-16H2,1-6H3,(H,28,32)/t17-,18-,25+/m1/s1. The van der Waals surface area contributed by atoms with Gasteiger partial charge >= 0.3 is 0 Å². The van der Waals surface area contributed by atoms with E-state index in [1.54, 1.807) is 66.4 Å². The molecule has 0 saturated carbocycles. The molecule has 2 aromatic rings. The highest BCUT2D eigenvalue weighted by Crippen LogP contribution is 2.28. The molecule has 0 fully saturated rings. The van der Waals surface area contributed by atoms with Crippen LogP contribution in [0, 0.1) is 5.92 Å². The van der Waals surface area contributed by atoms with Gasteiger partial charge in [-0.3, -0.25) is 14.4 Å². The number of likely N-dealkylation sites (N-methyl/N-ethyl adjacent to an activating group) is 1. The van der Waals surface area contributed by atoms with E-state index in [-0.39, 0.29) is 42.4 Å². The van der Waals surface area contributed by atoms with Crippen LogP contribution < -0.4 is 14.8 Å². The van der Waals surface area contributed by atoms with Crippen molar-refractivity contribution in [3.63, 3.8) is 0 Å². The third-order valence-electron chi connectivity index (χ3n) is 6.46. The smallest absolute Gasteiger partial charge is 0.259 e. The fourth-order valence-electron chi connectivity index (χ4n) is 4.32. The highest BCUT2D eigenvalue weighted by Gasteiger charge is 2.29. The minimum atomic E-state index is -0.350. The van der Waals surface area contributed by atoms with Gasteiger partial charge < -0.3 is 29.3 Å². The Morgan fingerprint density at radius 3 is 2.47 bits per heavy atom. The molecule has 0 radical (unpaired) electrons. The van der Waals surface area contributed by atoms with Crippen molar-refractivity contribution < 1.29 is 28.6 Å². The molecule has 0 unspecified atom stereocenters. The van der Waals surface area contributed by atoms with Crippen molar-refractivity contribution in [3.8, 4) is 11.5 Å². The predicted molar refractivity (Wildman–Crippen MR) is 137 cm³/mol. The lowest BCUT2D eigenvalue weighted by molar-refractivity contribution is -0.133. The van der Waals surface area contributed by atoms with Crippen molar-refractivity contribution in [2.75, 3.05) is 46.3 Å². The molecule has 0 saturated heterocycles. The number of anilines is 1. The number of hydrogen-bond acceptors (Lipinski definition) is 6. The van der Waals surface area contributed by atoms with E-state index in [1.807, 2.05) is 13.8 Å². The van der Waals surface area contributed by atoms with Gasteiger partial charge in [0.15, 0.2) is 0 Å². The van der Waals surface area contributed by atoms with Gasteiger partial charge in [0.1, 0.15) is 18.1 Å². The maximum Gasteiger partial charge on any atom is 0.259 e. The maximum absolute atomic E-state index is 13.3. The minimum Gasteiger partial charge on any atom is -0.496 e. The summed E-state index contributed by atoms with van der Waals surface area (Å²) in [5.74, 6) is 0.142. The van der Waals surface area contributed by atoms with E-state index < -0.39 is 0 Å². The number of methoxy groups -OCH3 is 2. The molecule has 194 valence electrons. The fraction of sp³-hybridized carbons (Fsp3) is 0.444. The summed E-state index contributed by atoms with van der Waals surface area (Å²) in [7, 11) is 4.82. The summed E-state index contributed by atoms with van der Waals surface area (Å²) in [6, 6.07) is 11.6. The number of carbonyl (C=O) groups excluding carboxylic acids is 3. The Labute approximate surface area is 212 Å². The zero-order valence-electron chi connectivity index (χ0n) is 21.7. The summed E-state index contributed by atoms with van der Waals surface area (Å²) in [5.41, 5.74) is 1.21. The van der Waals surface area contributed by atoms with Crippen LogP contribution in [0.15, 0.2) is 42.5 Å². The Hall–Kier alpha value is -3.59. The van der Waals surface area contributed by atoms with E-state index >= 15 is 0 Å². The maximum atomic E-state index is 13.3. The van der Waals surface area contributed by atoms with E-state index in [9.17, 15) is 14.4 Å². The second-order valence-electron chi connectivity index (χ2n) is 9.13.